The summed E-state index contributed by atoms with van der Waals surface area (Å²) in [7, 11) is 0. The first-order chi connectivity index (χ1) is 13.1. The fourth-order valence-corrected chi connectivity index (χ4v) is 3.93. The van der Waals surface area contributed by atoms with Crippen LogP contribution in [0.15, 0.2) is 48.8 Å². The van der Waals surface area contributed by atoms with E-state index in [1.807, 2.05) is 12.1 Å². The normalized spacial score (nSPS) is 20.7. The van der Waals surface area contributed by atoms with Gasteiger partial charge in [0.2, 0.25) is 5.91 Å². The molecular formula is C20H21FN4O2. The number of carbonyl (C=O) groups is 2. The van der Waals surface area contributed by atoms with Crippen LogP contribution in [0.3, 0.4) is 0 Å². The number of piperidine rings is 1. The number of nitrogens with one attached hydrogen (secondary N) is 2. The minimum Gasteiger partial charge on any atom is -0.348 e. The molecule has 7 heteroatoms. The number of pyridine rings is 1. The lowest BCUT2D eigenvalue weighted by Crippen LogP contribution is -2.65. The van der Waals surface area contributed by atoms with Crippen LogP contribution in [0, 0.1) is 11.2 Å². The Balaban J connectivity index is 1.34. The molecule has 1 aromatic carbocycles. The van der Waals surface area contributed by atoms with E-state index in [9.17, 15) is 14.0 Å². The van der Waals surface area contributed by atoms with Crippen LogP contribution in [0.4, 0.5) is 9.18 Å². The van der Waals surface area contributed by atoms with Gasteiger partial charge in [0, 0.05) is 32.0 Å². The van der Waals surface area contributed by atoms with E-state index >= 15 is 0 Å². The quantitative estimate of drug-likeness (QED) is 0.817. The van der Waals surface area contributed by atoms with Gasteiger partial charge in [0.15, 0.2) is 0 Å². The number of halogens is 1. The third-order valence-electron chi connectivity index (χ3n) is 5.60. The monoisotopic (exact) mass is 368 g/mol. The molecule has 6 nitrogen and oxygen atoms in total. The van der Waals surface area contributed by atoms with Crippen LogP contribution in [0.25, 0.3) is 0 Å². The van der Waals surface area contributed by atoms with Crippen LogP contribution in [0.2, 0.25) is 0 Å². The number of rotatable bonds is 3. The van der Waals surface area contributed by atoms with Crippen molar-refractivity contribution in [1.82, 2.24) is 20.5 Å². The van der Waals surface area contributed by atoms with Gasteiger partial charge in [-0.2, -0.15) is 0 Å². The molecule has 1 aromatic heterocycles. The van der Waals surface area contributed by atoms with Crippen LogP contribution in [0.1, 0.15) is 30.0 Å². The van der Waals surface area contributed by atoms with Crippen LogP contribution >= 0.6 is 0 Å². The van der Waals surface area contributed by atoms with Gasteiger partial charge in [-0.25, -0.2) is 9.18 Å². The highest BCUT2D eigenvalue weighted by Gasteiger charge is 2.56. The minimum absolute atomic E-state index is 0.0388. The van der Waals surface area contributed by atoms with Crippen LogP contribution in [0.5, 0.6) is 0 Å². The molecule has 4 rings (SSSR count). The number of β-lactam (4-membered cyclic amide) rings is 1. The van der Waals surface area contributed by atoms with Crippen LogP contribution in [-0.4, -0.2) is 34.9 Å². The smallest absolute Gasteiger partial charge is 0.317 e. The maximum Gasteiger partial charge on any atom is 0.317 e. The van der Waals surface area contributed by atoms with Gasteiger partial charge < -0.3 is 15.5 Å². The van der Waals surface area contributed by atoms with Gasteiger partial charge >= 0.3 is 6.03 Å². The lowest BCUT2D eigenvalue weighted by atomic mass is 9.64. The molecule has 1 atom stereocenters. The third kappa shape index (κ3) is 3.25. The molecule has 2 aromatic rings. The molecule has 2 aliphatic rings. The number of hydrogen-bond acceptors (Lipinski definition) is 3. The molecule has 0 saturated carbocycles. The van der Waals surface area contributed by atoms with Crippen molar-refractivity contribution in [2.75, 3.05) is 13.1 Å². The highest BCUT2D eigenvalue weighted by atomic mass is 19.1. The standard InChI is InChI=1S/C20H21FN4O2/c21-16-5-3-14(4-6-16)12-23-19(27)25-10-7-20(8-11-25)17(24-18(20)26)15-2-1-9-22-13-15/h1-6,9,13,17H,7-8,10-12H2,(H,23,27)(H,24,26). The summed E-state index contributed by atoms with van der Waals surface area (Å²) >= 11 is 0. The molecule has 27 heavy (non-hydrogen) atoms. The SMILES string of the molecule is O=C(NCc1ccc(F)cc1)N1CCC2(CC1)C(=O)NC2c1cccnc1. The van der Waals surface area contributed by atoms with Crippen molar-refractivity contribution < 1.29 is 14.0 Å². The lowest BCUT2D eigenvalue weighted by Gasteiger charge is -2.52. The number of amides is 3. The summed E-state index contributed by atoms with van der Waals surface area (Å²) in [6, 6.07) is 9.69. The Bertz CT molecular complexity index is 833. The van der Waals surface area contributed by atoms with E-state index in [2.05, 4.69) is 15.6 Å². The van der Waals surface area contributed by atoms with E-state index < -0.39 is 5.41 Å². The Kier molecular flexibility index (Phi) is 4.51. The summed E-state index contributed by atoms with van der Waals surface area (Å²) < 4.78 is 12.9. The predicted molar refractivity (Wildman–Crippen MR) is 97.0 cm³/mol. The number of nitrogens with zero attached hydrogens (tertiary/aromatic N) is 2. The number of aromatic nitrogens is 1. The molecule has 2 N–H and O–H groups in total. The van der Waals surface area contributed by atoms with Crippen molar-refractivity contribution in [3.63, 3.8) is 0 Å². The molecule has 0 bridgehead atoms. The van der Waals surface area contributed by atoms with Gasteiger partial charge in [-0.05, 0) is 42.2 Å². The van der Waals surface area contributed by atoms with Gasteiger partial charge in [-0.15, -0.1) is 0 Å². The molecule has 2 aliphatic heterocycles. The van der Waals surface area contributed by atoms with Crippen molar-refractivity contribution in [2.24, 2.45) is 5.41 Å². The van der Waals surface area contributed by atoms with Crippen molar-refractivity contribution in [2.45, 2.75) is 25.4 Å². The van der Waals surface area contributed by atoms with E-state index in [-0.39, 0.29) is 23.8 Å². The summed E-state index contributed by atoms with van der Waals surface area (Å²) in [5, 5.41) is 5.85. The van der Waals surface area contributed by atoms with Crippen molar-refractivity contribution in [3.05, 3.63) is 65.7 Å². The Labute approximate surface area is 156 Å². The van der Waals surface area contributed by atoms with E-state index in [0.717, 1.165) is 11.1 Å². The number of benzene rings is 1. The number of carbonyl (C=O) groups excluding carboxylic acids is 2. The summed E-state index contributed by atoms with van der Waals surface area (Å²) in [5.74, 6) is -0.240. The maximum atomic E-state index is 12.9. The molecule has 2 saturated heterocycles. The third-order valence-corrected chi connectivity index (χ3v) is 5.60. The highest BCUT2D eigenvalue weighted by molar-refractivity contribution is 5.91. The molecule has 1 spiro atoms. The van der Waals surface area contributed by atoms with Gasteiger partial charge in [-0.1, -0.05) is 18.2 Å². The molecule has 140 valence electrons. The van der Waals surface area contributed by atoms with Crippen molar-refractivity contribution in [3.8, 4) is 0 Å². The van der Waals surface area contributed by atoms with Crippen LogP contribution in [-0.2, 0) is 11.3 Å². The molecule has 2 fully saturated rings. The average Bonchev–Trinajstić information content (AvgIpc) is 2.72. The molecule has 0 aliphatic carbocycles. The fraction of sp³-hybridized carbons (Fsp3) is 0.350. The molecule has 0 radical (unpaired) electrons. The molecule has 1 unspecified atom stereocenters. The van der Waals surface area contributed by atoms with Gasteiger partial charge in [0.1, 0.15) is 5.82 Å². The largest absolute Gasteiger partial charge is 0.348 e. The first-order valence-corrected chi connectivity index (χ1v) is 9.07. The number of hydrogen-bond donors (Lipinski definition) is 2. The zero-order chi connectivity index (χ0) is 18.9. The molecular weight excluding hydrogens is 347 g/mol. The van der Waals surface area contributed by atoms with Gasteiger partial charge in [-0.3, -0.25) is 9.78 Å². The summed E-state index contributed by atoms with van der Waals surface area (Å²) in [4.78, 5) is 30.6. The predicted octanol–water partition coefficient (Wildman–Crippen LogP) is 2.38. The zero-order valence-corrected chi connectivity index (χ0v) is 14.8. The van der Waals surface area contributed by atoms with Crippen LogP contribution < -0.4 is 10.6 Å². The summed E-state index contributed by atoms with van der Waals surface area (Å²) in [5.41, 5.74) is 1.40. The molecule has 3 amide bonds. The second-order valence-electron chi connectivity index (χ2n) is 7.12. The van der Waals surface area contributed by atoms with Crippen molar-refractivity contribution in [1.29, 1.82) is 0 Å². The maximum absolute atomic E-state index is 12.9. The summed E-state index contributed by atoms with van der Waals surface area (Å²) in [6.45, 7) is 1.40. The van der Waals surface area contributed by atoms with E-state index in [1.54, 1.807) is 29.4 Å². The first kappa shape index (κ1) is 17.5. The Morgan fingerprint density at radius 3 is 2.63 bits per heavy atom. The van der Waals surface area contributed by atoms with E-state index in [4.69, 9.17) is 0 Å². The zero-order valence-electron chi connectivity index (χ0n) is 14.8. The minimum atomic E-state index is -0.448. The van der Waals surface area contributed by atoms with Gasteiger partial charge in [0.25, 0.3) is 0 Å². The van der Waals surface area contributed by atoms with E-state index in [0.29, 0.717) is 32.5 Å². The molecule has 3 heterocycles. The van der Waals surface area contributed by atoms with E-state index in [1.165, 1.54) is 12.1 Å². The average molecular weight is 368 g/mol. The Hall–Kier alpha value is -2.96. The van der Waals surface area contributed by atoms with Crippen molar-refractivity contribution >= 4 is 11.9 Å². The second kappa shape index (κ2) is 6.98. The summed E-state index contributed by atoms with van der Waals surface area (Å²) in [6.07, 6.45) is 4.75. The van der Waals surface area contributed by atoms with Gasteiger partial charge in [0.05, 0.1) is 11.5 Å². The highest BCUT2D eigenvalue weighted by Crippen LogP contribution is 2.49. The Morgan fingerprint density at radius 2 is 2.00 bits per heavy atom. The first-order valence-electron chi connectivity index (χ1n) is 9.07. The fourth-order valence-electron chi connectivity index (χ4n) is 3.93. The lowest BCUT2D eigenvalue weighted by molar-refractivity contribution is -0.150. The topological polar surface area (TPSA) is 74.3 Å². The number of likely N-dealkylation sites (tertiary alicyclic amines) is 1. The second-order valence-corrected chi connectivity index (χ2v) is 7.12. The Morgan fingerprint density at radius 1 is 1.26 bits per heavy atom. The number of urea groups is 1.